The van der Waals surface area contributed by atoms with Gasteiger partial charge in [0.25, 0.3) is 0 Å². The first-order valence-electron chi connectivity index (χ1n) is 9.65. The molecule has 0 amide bonds. The van der Waals surface area contributed by atoms with Gasteiger partial charge in [-0.15, -0.1) is 0 Å². The molecule has 0 fully saturated rings. The second-order valence-electron chi connectivity index (χ2n) is 7.37. The van der Waals surface area contributed by atoms with Crippen LogP contribution >= 0.6 is 11.6 Å². The van der Waals surface area contributed by atoms with Crippen LogP contribution < -0.4 is 0 Å². The number of fused-ring (bicyclic) bond motifs is 1. The van der Waals surface area contributed by atoms with Crippen molar-refractivity contribution in [2.24, 2.45) is 0 Å². The van der Waals surface area contributed by atoms with Gasteiger partial charge in [0.2, 0.25) is 5.78 Å². The molecule has 0 unspecified atom stereocenters. The molecule has 4 nitrogen and oxygen atoms in total. The fourth-order valence-electron chi connectivity index (χ4n) is 4.03. The van der Waals surface area contributed by atoms with E-state index in [1.807, 2.05) is 0 Å². The molecule has 1 aromatic heterocycles. The summed E-state index contributed by atoms with van der Waals surface area (Å²) in [5.41, 5.74) is 0.896. The van der Waals surface area contributed by atoms with Crippen LogP contribution in [0.1, 0.15) is 50.5 Å². The molecule has 2 heterocycles. The van der Waals surface area contributed by atoms with Crippen molar-refractivity contribution in [3.05, 3.63) is 81.6 Å². The Labute approximate surface area is 180 Å². The number of ketones is 1. The van der Waals surface area contributed by atoms with E-state index in [9.17, 15) is 22.8 Å². The molecule has 3 aromatic rings. The van der Waals surface area contributed by atoms with Gasteiger partial charge in [0.1, 0.15) is 0 Å². The lowest BCUT2D eigenvalue weighted by Gasteiger charge is -2.20. The number of halogens is 4. The number of carboxylic acids is 1. The number of hydrogen-bond donors (Lipinski definition) is 1. The zero-order valence-corrected chi connectivity index (χ0v) is 16.9. The van der Waals surface area contributed by atoms with Gasteiger partial charge in [-0.2, -0.15) is 13.2 Å². The summed E-state index contributed by atoms with van der Waals surface area (Å²) in [4.78, 5) is 24.4. The van der Waals surface area contributed by atoms with Crippen molar-refractivity contribution >= 4 is 23.4 Å². The number of aromatic nitrogens is 1. The maximum Gasteiger partial charge on any atom is 0.417 e. The van der Waals surface area contributed by atoms with E-state index in [0.717, 1.165) is 24.6 Å². The van der Waals surface area contributed by atoms with Gasteiger partial charge in [0, 0.05) is 17.8 Å². The summed E-state index contributed by atoms with van der Waals surface area (Å²) in [6.07, 6.45) is -2.37. The molecule has 1 aliphatic heterocycles. The standard InChI is InChI=1S/C23H17ClF3NO3/c24-17-5-3-4-16(23(25,26)27)20(17)21(29)19-12-15(18-6-1-2-11-28(18)19)13-7-9-14(10-8-13)22(30)31/h3-5,7-10,12H,1-2,6,11H2,(H,30,31). The van der Waals surface area contributed by atoms with E-state index in [2.05, 4.69) is 0 Å². The van der Waals surface area contributed by atoms with Crippen LogP contribution in [0, 0.1) is 0 Å². The molecule has 1 aliphatic rings. The fourth-order valence-corrected chi connectivity index (χ4v) is 4.29. The van der Waals surface area contributed by atoms with E-state index in [0.29, 0.717) is 24.1 Å². The van der Waals surface area contributed by atoms with Gasteiger partial charge in [-0.25, -0.2) is 4.79 Å². The maximum absolute atomic E-state index is 13.6. The number of carbonyl (C=O) groups excluding carboxylic acids is 1. The number of aromatic carboxylic acids is 1. The Balaban J connectivity index is 1.86. The van der Waals surface area contributed by atoms with Crippen LogP contribution in [0.4, 0.5) is 13.2 Å². The van der Waals surface area contributed by atoms with Crippen LogP contribution in [0.3, 0.4) is 0 Å². The molecule has 160 valence electrons. The quantitative estimate of drug-likeness (QED) is 0.492. The minimum Gasteiger partial charge on any atom is -0.478 e. The van der Waals surface area contributed by atoms with Crippen LogP contribution in [0.25, 0.3) is 11.1 Å². The van der Waals surface area contributed by atoms with Gasteiger partial charge in [0.15, 0.2) is 0 Å². The molecule has 0 saturated carbocycles. The number of alkyl halides is 3. The van der Waals surface area contributed by atoms with Crippen LogP contribution in [-0.4, -0.2) is 21.4 Å². The third-order valence-corrected chi connectivity index (χ3v) is 5.79. The normalized spacial score (nSPS) is 13.7. The van der Waals surface area contributed by atoms with E-state index in [4.69, 9.17) is 16.7 Å². The Morgan fingerprint density at radius 2 is 1.74 bits per heavy atom. The van der Waals surface area contributed by atoms with E-state index in [-0.39, 0.29) is 16.3 Å². The second kappa shape index (κ2) is 7.89. The first-order valence-corrected chi connectivity index (χ1v) is 10.0. The molecule has 0 aliphatic carbocycles. The Morgan fingerprint density at radius 3 is 2.39 bits per heavy atom. The predicted octanol–water partition coefficient (Wildman–Crippen LogP) is 6.09. The van der Waals surface area contributed by atoms with E-state index < -0.39 is 29.1 Å². The Hall–Kier alpha value is -3.06. The third-order valence-electron chi connectivity index (χ3n) is 5.48. The fraction of sp³-hybridized carbons (Fsp3) is 0.217. The largest absolute Gasteiger partial charge is 0.478 e. The van der Waals surface area contributed by atoms with Crippen molar-refractivity contribution in [1.29, 1.82) is 0 Å². The number of carbonyl (C=O) groups is 2. The third kappa shape index (κ3) is 3.85. The zero-order chi connectivity index (χ0) is 22.3. The van der Waals surface area contributed by atoms with Gasteiger partial charge in [-0.3, -0.25) is 4.79 Å². The molecule has 31 heavy (non-hydrogen) atoms. The van der Waals surface area contributed by atoms with Crippen LogP contribution in [0.2, 0.25) is 5.02 Å². The molecule has 8 heteroatoms. The molecule has 0 atom stereocenters. The van der Waals surface area contributed by atoms with Crippen molar-refractivity contribution in [3.63, 3.8) is 0 Å². The Morgan fingerprint density at radius 1 is 1.03 bits per heavy atom. The van der Waals surface area contributed by atoms with Crippen molar-refractivity contribution < 1.29 is 27.9 Å². The molecule has 0 spiro atoms. The first-order chi connectivity index (χ1) is 14.7. The molecule has 2 aromatic carbocycles. The molecule has 0 saturated heterocycles. The smallest absolute Gasteiger partial charge is 0.417 e. The zero-order valence-electron chi connectivity index (χ0n) is 16.2. The Bertz CT molecular complexity index is 1180. The lowest BCUT2D eigenvalue weighted by molar-refractivity contribution is -0.137. The van der Waals surface area contributed by atoms with Crippen molar-refractivity contribution in [1.82, 2.24) is 4.57 Å². The summed E-state index contributed by atoms with van der Waals surface area (Å²) >= 11 is 6.05. The van der Waals surface area contributed by atoms with Crippen molar-refractivity contribution in [2.75, 3.05) is 0 Å². The average molecular weight is 448 g/mol. The monoisotopic (exact) mass is 447 g/mol. The summed E-state index contributed by atoms with van der Waals surface area (Å²) in [6, 6.07) is 11.1. The maximum atomic E-state index is 13.6. The Kier molecular flexibility index (Phi) is 5.39. The molecule has 0 radical (unpaired) electrons. The highest BCUT2D eigenvalue weighted by Crippen LogP contribution is 2.38. The summed E-state index contributed by atoms with van der Waals surface area (Å²) in [6.45, 7) is 0.509. The number of rotatable bonds is 4. The summed E-state index contributed by atoms with van der Waals surface area (Å²) in [7, 11) is 0. The lowest BCUT2D eigenvalue weighted by Crippen LogP contribution is -2.19. The number of carboxylic acid groups (broad SMARTS) is 1. The van der Waals surface area contributed by atoms with Gasteiger partial charge < -0.3 is 9.67 Å². The van der Waals surface area contributed by atoms with Gasteiger partial charge in [-0.05, 0) is 55.2 Å². The van der Waals surface area contributed by atoms with Gasteiger partial charge in [-0.1, -0.05) is 29.8 Å². The lowest BCUT2D eigenvalue weighted by atomic mass is 9.99. The number of nitrogens with zero attached hydrogens (tertiary/aromatic N) is 1. The van der Waals surface area contributed by atoms with Crippen LogP contribution in [0.5, 0.6) is 0 Å². The topological polar surface area (TPSA) is 59.3 Å². The molecular weight excluding hydrogens is 431 g/mol. The van der Waals surface area contributed by atoms with E-state index in [1.54, 1.807) is 22.8 Å². The predicted molar refractivity (Wildman–Crippen MR) is 110 cm³/mol. The van der Waals surface area contributed by atoms with Gasteiger partial charge in [0.05, 0.1) is 27.4 Å². The van der Waals surface area contributed by atoms with Crippen LogP contribution in [-0.2, 0) is 19.1 Å². The second-order valence-corrected chi connectivity index (χ2v) is 7.78. The van der Waals surface area contributed by atoms with Crippen LogP contribution in [0.15, 0.2) is 48.5 Å². The molecule has 4 rings (SSSR count). The van der Waals surface area contributed by atoms with Crippen molar-refractivity contribution in [2.45, 2.75) is 32.0 Å². The minimum atomic E-state index is -4.72. The van der Waals surface area contributed by atoms with Gasteiger partial charge >= 0.3 is 12.1 Å². The summed E-state index contributed by atoms with van der Waals surface area (Å²) < 4.78 is 42.4. The summed E-state index contributed by atoms with van der Waals surface area (Å²) in [5, 5.41) is 8.85. The number of benzene rings is 2. The highest BCUT2D eigenvalue weighted by atomic mass is 35.5. The number of hydrogen-bond acceptors (Lipinski definition) is 2. The van der Waals surface area contributed by atoms with E-state index in [1.165, 1.54) is 24.3 Å². The summed E-state index contributed by atoms with van der Waals surface area (Å²) in [5.74, 6) is -1.84. The molecule has 1 N–H and O–H groups in total. The van der Waals surface area contributed by atoms with Crippen molar-refractivity contribution in [3.8, 4) is 11.1 Å². The minimum absolute atomic E-state index is 0.124. The highest BCUT2D eigenvalue weighted by Gasteiger charge is 2.37. The highest BCUT2D eigenvalue weighted by molar-refractivity contribution is 6.35. The first kappa shape index (κ1) is 21.2. The van der Waals surface area contributed by atoms with E-state index >= 15 is 0 Å². The SMILES string of the molecule is O=C(O)c1ccc(-c2cc(C(=O)c3c(Cl)cccc3C(F)(F)F)n3c2CCCC3)cc1. The molecule has 0 bridgehead atoms. The molecular formula is C23H17ClF3NO3. The average Bonchev–Trinajstić information content (AvgIpc) is 3.12.